The minimum absolute atomic E-state index is 0.108. The van der Waals surface area contributed by atoms with E-state index in [1.807, 2.05) is 19.1 Å². The van der Waals surface area contributed by atoms with E-state index in [-0.39, 0.29) is 22.9 Å². The molecule has 1 amide bonds. The van der Waals surface area contributed by atoms with Crippen LogP contribution < -0.4 is 0 Å². The smallest absolute Gasteiger partial charge is 0.254 e. The third kappa shape index (κ3) is 4.69. The van der Waals surface area contributed by atoms with Crippen molar-refractivity contribution in [1.29, 1.82) is 0 Å². The number of amides is 1. The van der Waals surface area contributed by atoms with Crippen LogP contribution in [0.15, 0.2) is 53.4 Å². The van der Waals surface area contributed by atoms with Gasteiger partial charge in [-0.25, -0.2) is 8.42 Å². The van der Waals surface area contributed by atoms with Crippen molar-refractivity contribution in [2.75, 3.05) is 14.1 Å². The van der Waals surface area contributed by atoms with Crippen LogP contribution in [0.2, 0.25) is 5.02 Å². The maximum absolute atomic E-state index is 12.9. The second kappa shape index (κ2) is 8.42. The van der Waals surface area contributed by atoms with Gasteiger partial charge in [0.25, 0.3) is 5.91 Å². The number of sulfonamides is 1. The van der Waals surface area contributed by atoms with Crippen LogP contribution in [0.3, 0.4) is 0 Å². The van der Waals surface area contributed by atoms with Crippen molar-refractivity contribution in [2.45, 2.75) is 37.8 Å². The van der Waals surface area contributed by atoms with Gasteiger partial charge in [0.1, 0.15) is 0 Å². The van der Waals surface area contributed by atoms with Crippen LogP contribution in [0, 0.1) is 0 Å². The molecule has 0 N–H and O–H groups in total. The second-order valence-corrected chi connectivity index (χ2v) is 9.22. The Morgan fingerprint density at radius 3 is 2.15 bits per heavy atom. The number of nitrogens with zero attached hydrogens (tertiary/aromatic N) is 2. The molecular formula is C20H25ClN2O3S. The summed E-state index contributed by atoms with van der Waals surface area (Å²) >= 11 is 5.92. The lowest BCUT2D eigenvalue weighted by Gasteiger charge is -2.26. The van der Waals surface area contributed by atoms with Crippen molar-refractivity contribution in [3.05, 3.63) is 64.7 Å². The minimum Gasteiger partial charge on any atom is -0.335 e. The van der Waals surface area contributed by atoms with E-state index in [4.69, 9.17) is 11.6 Å². The van der Waals surface area contributed by atoms with Gasteiger partial charge in [0.2, 0.25) is 10.0 Å². The molecule has 0 bridgehead atoms. The Balaban J connectivity index is 2.30. The Labute approximate surface area is 166 Å². The van der Waals surface area contributed by atoms with Crippen LogP contribution in [0.5, 0.6) is 0 Å². The maximum Gasteiger partial charge on any atom is 0.254 e. The van der Waals surface area contributed by atoms with E-state index in [1.54, 1.807) is 50.1 Å². The predicted molar refractivity (Wildman–Crippen MR) is 108 cm³/mol. The van der Waals surface area contributed by atoms with Crippen LogP contribution in [-0.2, 0) is 10.0 Å². The molecule has 7 heteroatoms. The molecule has 0 saturated heterocycles. The Bertz CT molecular complexity index is 911. The molecule has 5 nitrogen and oxygen atoms in total. The summed E-state index contributed by atoms with van der Waals surface area (Å²) in [6.45, 7) is 5.51. The van der Waals surface area contributed by atoms with Gasteiger partial charge in [-0.15, -0.1) is 0 Å². The first-order chi connectivity index (χ1) is 12.6. The third-order valence-corrected chi connectivity index (χ3v) is 7.02. The number of benzene rings is 2. The Hall–Kier alpha value is -1.89. The van der Waals surface area contributed by atoms with Crippen LogP contribution >= 0.6 is 11.6 Å². The van der Waals surface area contributed by atoms with Gasteiger partial charge in [-0.2, -0.15) is 4.31 Å². The zero-order valence-electron chi connectivity index (χ0n) is 16.2. The molecule has 27 heavy (non-hydrogen) atoms. The molecule has 0 aliphatic heterocycles. The third-order valence-electron chi connectivity index (χ3n) is 4.74. The fourth-order valence-electron chi connectivity index (χ4n) is 2.58. The fourth-order valence-corrected chi connectivity index (χ4v) is 4.12. The Morgan fingerprint density at radius 2 is 1.59 bits per heavy atom. The summed E-state index contributed by atoms with van der Waals surface area (Å²) < 4.78 is 26.7. The molecule has 0 aliphatic carbocycles. The zero-order valence-corrected chi connectivity index (χ0v) is 17.8. The number of halogens is 1. The van der Waals surface area contributed by atoms with E-state index in [1.165, 1.54) is 23.5 Å². The highest BCUT2D eigenvalue weighted by atomic mass is 35.5. The van der Waals surface area contributed by atoms with E-state index in [0.717, 1.165) is 5.56 Å². The van der Waals surface area contributed by atoms with E-state index in [0.29, 0.717) is 10.6 Å². The van der Waals surface area contributed by atoms with Gasteiger partial charge in [0.05, 0.1) is 10.9 Å². The predicted octanol–water partition coefficient (Wildman–Crippen LogP) is 4.20. The van der Waals surface area contributed by atoms with Gasteiger partial charge in [0, 0.05) is 30.7 Å². The van der Waals surface area contributed by atoms with Crippen LogP contribution in [0.1, 0.15) is 42.7 Å². The van der Waals surface area contributed by atoms with Crippen molar-refractivity contribution in [3.63, 3.8) is 0 Å². The summed E-state index contributed by atoms with van der Waals surface area (Å²) in [6, 6.07) is 13.1. The molecule has 146 valence electrons. The average Bonchev–Trinajstić information content (AvgIpc) is 2.66. The van der Waals surface area contributed by atoms with Gasteiger partial charge in [-0.1, -0.05) is 29.8 Å². The molecule has 2 aromatic rings. The highest BCUT2D eigenvalue weighted by Gasteiger charge is 2.25. The fraction of sp³-hybridized carbons (Fsp3) is 0.350. The van der Waals surface area contributed by atoms with Gasteiger partial charge in [-0.05, 0) is 56.7 Å². The normalized spacial score (nSPS) is 13.0. The number of hydrogen-bond donors (Lipinski definition) is 0. The molecule has 2 aromatic carbocycles. The first-order valence-electron chi connectivity index (χ1n) is 8.66. The summed E-state index contributed by atoms with van der Waals surface area (Å²) in [5.74, 6) is -0.248. The zero-order chi connectivity index (χ0) is 20.4. The highest BCUT2D eigenvalue weighted by Crippen LogP contribution is 2.24. The van der Waals surface area contributed by atoms with Crippen molar-refractivity contribution in [1.82, 2.24) is 9.21 Å². The molecule has 1 atom stereocenters. The number of carbonyl (C=O) groups is 1. The van der Waals surface area contributed by atoms with E-state index in [9.17, 15) is 13.2 Å². The van der Waals surface area contributed by atoms with Crippen molar-refractivity contribution >= 4 is 27.5 Å². The van der Waals surface area contributed by atoms with E-state index < -0.39 is 10.0 Å². The molecular weight excluding hydrogens is 384 g/mol. The van der Waals surface area contributed by atoms with Crippen LogP contribution in [-0.4, -0.2) is 43.7 Å². The molecule has 0 spiro atoms. The summed E-state index contributed by atoms with van der Waals surface area (Å²) in [7, 11) is -0.421. The monoisotopic (exact) mass is 408 g/mol. The summed E-state index contributed by atoms with van der Waals surface area (Å²) in [5.41, 5.74) is 1.27. The SMILES string of the molecule is CC(c1ccc(Cl)cc1)N(C)C(=O)c1cccc(S(=O)(=O)N(C)C(C)C)c1. The lowest BCUT2D eigenvalue weighted by molar-refractivity contribution is 0.0742. The van der Waals surface area contributed by atoms with Gasteiger partial charge < -0.3 is 4.90 Å². The molecule has 0 radical (unpaired) electrons. The Morgan fingerprint density at radius 1 is 1.00 bits per heavy atom. The maximum atomic E-state index is 12.9. The average molecular weight is 409 g/mol. The molecule has 0 fully saturated rings. The molecule has 0 aromatic heterocycles. The van der Waals surface area contributed by atoms with Crippen LogP contribution in [0.25, 0.3) is 0 Å². The van der Waals surface area contributed by atoms with Crippen LogP contribution in [0.4, 0.5) is 0 Å². The summed E-state index contributed by atoms with van der Waals surface area (Å²) in [5, 5.41) is 0.632. The first kappa shape index (κ1) is 21.4. The molecule has 0 heterocycles. The minimum atomic E-state index is -3.65. The number of hydrogen-bond acceptors (Lipinski definition) is 3. The van der Waals surface area contributed by atoms with Gasteiger partial charge in [-0.3, -0.25) is 4.79 Å². The molecule has 2 rings (SSSR count). The number of carbonyl (C=O) groups excluding carboxylic acids is 1. The van der Waals surface area contributed by atoms with E-state index in [2.05, 4.69) is 0 Å². The quantitative estimate of drug-likeness (QED) is 0.719. The number of rotatable bonds is 6. The van der Waals surface area contributed by atoms with E-state index >= 15 is 0 Å². The topological polar surface area (TPSA) is 57.7 Å². The highest BCUT2D eigenvalue weighted by molar-refractivity contribution is 7.89. The van der Waals surface area contributed by atoms with Crippen molar-refractivity contribution < 1.29 is 13.2 Å². The van der Waals surface area contributed by atoms with Gasteiger partial charge >= 0.3 is 0 Å². The summed E-state index contributed by atoms with van der Waals surface area (Å²) in [6.07, 6.45) is 0. The second-order valence-electron chi connectivity index (χ2n) is 6.79. The molecule has 1 unspecified atom stereocenters. The first-order valence-corrected chi connectivity index (χ1v) is 10.5. The van der Waals surface area contributed by atoms with Gasteiger partial charge in [0.15, 0.2) is 0 Å². The molecule has 0 saturated carbocycles. The standard InChI is InChI=1S/C20H25ClN2O3S/c1-14(2)23(5)27(25,26)19-8-6-7-17(13-19)20(24)22(4)15(3)16-9-11-18(21)12-10-16/h6-15H,1-5H3. The Kier molecular flexibility index (Phi) is 6.68. The summed E-state index contributed by atoms with van der Waals surface area (Å²) in [4.78, 5) is 14.6. The lowest BCUT2D eigenvalue weighted by atomic mass is 10.1. The lowest BCUT2D eigenvalue weighted by Crippen LogP contribution is -2.33. The molecule has 0 aliphatic rings. The van der Waals surface area contributed by atoms with Crippen molar-refractivity contribution in [3.8, 4) is 0 Å². The largest absolute Gasteiger partial charge is 0.335 e. The van der Waals surface area contributed by atoms with Crippen molar-refractivity contribution in [2.24, 2.45) is 0 Å².